The molecule has 0 radical (unpaired) electrons. The lowest BCUT2D eigenvalue weighted by Gasteiger charge is -2.32. The molecule has 100 valence electrons. The maximum Gasteiger partial charge on any atom is 0.213 e. The van der Waals surface area contributed by atoms with Crippen molar-refractivity contribution in [3.63, 3.8) is 0 Å². The van der Waals surface area contributed by atoms with Crippen LogP contribution in [-0.4, -0.2) is 24.2 Å². The Morgan fingerprint density at radius 1 is 1.39 bits per heavy atom. The molecular weight excluding hydrogens is 226 g/mol. The number of hydrogen-bond acceptors (Lipinski definition) is 4. The van der Waals surface area contributed by atoms with Gasteiger partial charge in [-0.25, -0.2) is 4.98 Å². The van der Waals surface area contributed by atoms with Crippen molar-refractivity contribution in [2.75, 3.05) is 18.5 Å². The van der Waals surface area contributed by atoms with Gasteiger partial charge in [0.15, 0.2) is 0 Å². The van der Waals surface area contributed by atoms with Crippen molar-refractivity contribution in [2.45, 2.75) is 38.6 Å². The third kappa shape index (κ3) is 3.35. The van der Waals surface area contributed by atoms with Crippen LogP contribution in [0.15, 0.2) is 18.3 Å². The largest absolute Gasteiger partial charge is 0.478 e. The molecule has 1 aromatic rings. The van der Waals surface area contributed by atoms with Gasteiger partial charge in [0.05, 0.1) is 18.5 Å². The second kappa shape index (κ2) is 6.59. The molecule has 0 amide bonds. The van der Waals surface area contributed by atoms with E-state index in [-0.39, 0.29) is 0 Å². The fourth-order valence-corrected chi connectivity index (χ4v) is 2.59. The highest BCUT2D eigenvalue weighted by Crippen LogP contribution is 2.26. The van der Waals surface area contributed by atoms with Crippen molar-refractivity contribution in [1.82, 2.24) is 4.98 Å². The second-order valence-electron chi connectivity index (χ2n) is 4.85. The summed E-state index contributed by atoms with van der Waals surface area (Å²) in [5.74, 6) is 1.27. The number of nitrogens with zero attached hydrogens (tertiary/aromatic N) is 1. The summed E-state index contributed by atoms with van der Waals surface area (Å²) in [7, 11) is 0. The Bertz CT molecular complexity index is 353. The first-order valence-electron chi connectivity index (χ1n) is 6.89. The van der Waals surface area contributed by atoms with Crippen LogP contribution in [0, 0.1) is 5.92 Å². The highest BCUT2D eigenvalue weighted by molar-refractivity contribution is 5.43. The molecule has 2 atom stereocenters. The fraction of sp³-hybridized carbons (Fsp3) is 0.643. The molecule has 18 heavy (non-hydrogen) atoms. The van der Waals surface area contributed by atoms with Crippen molar-refractivity contribution >= 4 is 5.69 Å². The van der Waals surface area contributed by atoms with Gasteiger partial charge in [0.25, 0.3) is 0 Å². The number of ether oxygens (including phenoxy) is 1. The summed E-state index contributed by atoms with van der Waals surface area (Å²) in [6.07, 6.45) is 6.88. The predicted octanol–water partition coefficient (Wildman–Crippen LogP) is 2.41. The van der Waals surface area contributed by atoms with E-state index in [1.165, 1.54) is 25.7 Å². The molecule has 1 heterocycles. The van der Waals surface area contributed by atoms with Gasteiger partial charge in [-0.05, 0) is 38.3 Å². The van der Waals surface area contributed by atoms with Gasteiger partial charge in [-0.1, -0.05) is 12.8 Å². The first-order valence-corrected chi connectivity index (χ1v) is 6.89. The van der Waals surface area contributed by atoms with Gasteiger partial charge < -0.3 is 15.8 Å². The zero-order valence-electron chi connectivity index (χ0n) is 11.1. The summed E-state index contributed by atoms with van der Waals surface area (Å²) >= 11 is 0. The SMILES string of the molecule is CCOc1ccc(NC2CCCCC2CN)cn1. The topological polar surface area (TPSA) is 60.2 Å². The zero-order chi connectivity index (χ0) is 12.8. The van der Waals surface area contributed by atoms with E-state index >= 15 is 0 Å². The minimum absolute atomic E-state index is 0.489. The van der Waals surface area contributed by atoms with Crippen LogP contribution in [0.4, 0.5) is 5.69 Å². The predicted molar refractivity (Wildman–Crippen MR) is 73.8 cm³/mol. The summed E-state index contributed by atoms with van der Waals surface area (Å²) in [6, 6.07) is 4.43. The number of nitrogens with one attached hydrogen (secondary N) is 1. The molecule has 0 bridgehead atoms. The van der Waals surface area contributed by atoms with Crippen LogP contribution < -0.4 is 15.8 Å². The van der Waals surface area contributed by atoms with Gasteiger partial charge in [0, 0.05) is 12.1 Å². The number of nitrogens with two attached hydrogens (primary N) is 1. The Kier molecular flexibility index (Phi) is 4.81. The van der Waals surface area contributed by atoms with E-state index in [1.807, 2.05) is 25.3 Å². The van der Waals surface area contributed by atoms with Crippen molar-refractivity contribution in [3.8, 4) is 5.88 Å². The van der Waals surface area contributed by atoms with Crippen LogP contribution in [0.1, 0.15) is 32.6 Å². The van der Waals surface area contributed by atoms with E-state index in [1.54, 1.807) is 0 Å². The maximum absolute atomic E-state index is 5.84. The first-order chi connectivity index (χ1) is 8.83. The van der Waals surface area contributed by atoms with Gasteiger partial charge in [0.1, 0.15) is 0 Å². The molecule has 0 aliphatic heterocycles. The van der Waals surface area contributed by atoms with Gasteiger partial charge >= 0.3 is 0 Å². The summed E-state index contributed by atoms with van der Waals surface area (Å²) < 4.78 is 5.33. The Balaban J connectivity index is 1.95. The summed E-state index contributed by atoms with van der Waals surface area (Å²) in [4.78, 5) is 4.27. The minimum atomic E-state index is 0.489. The Morgan fingerprint density at radius 2 is 2.22 bits per heavy atom. The highest BCUT2D eigenvalue weighted by Gasteiger charge is 2.23. The number of pyridine rings is 1. The lowest BCUT2D eigenvalue weighted by molar-refractivity contribution is 0.326. The Hall–Kier alpha value is -1.29. The van der Waals surface area contributed by atoms with E-state index in [0.717, 1.165) is 12.2 Å². The summed E-state index contributed by atoms with van der Waals surface area (Å²) in [6.45, 7) is 3.38. The molecule has 1 aliphatic rings. The van der Waals surface area contributed by atoms with Crippen LogP contribution in [0.5, 0.6) is 5.88 Å². The second-order valence-corrected chi connectivity index (χ2v) is 4.85. The standard InChI is InChI=1S/C14H23N3O/c1-2-18-14-8-7-12(10-16-14)17-13-6-4-3-5-11(13)9-15/h7-8,10-11,13,17H,2-6,9,15H2,1H3. The Labute approximate surface area is 109 Å². The van der Waals surface area contributed by atoms with Crippen LogP contribution in [0.25, 0.3) is 0 Å². The highest BCUT2D eigenvalue weighted by atomic mass is 16.5. The van der Waals surface area contributed by atoms with Crippen molar-refractivity contribution in [3.05, 3.63) is 18.3 Å². The molecule has 3 N–H and O–H groups in total. The van der Waals surface area contributed by atoms with Gasteiger partial charge in [-0.3, -0.25) is 0 Å². The van der Waals surface area contributed by atoms with Crippen LogP contribution >= 0.6 is 0 Å². The normalized spacial score (nSPS) is 23.7. The lowest BCUT2D eigenvalue weighted by Crippen LogP contribution is -2.36. The van der Waals surface area contributed by atoms with Gasteiger partial charge in [-0.15, -0.1) is 0 Å². The number of rotatable bonds is 5. The number of aromatic nitrogens is 1. The summed E-state index contributed by atoms with van der Waals surface area (Å²) in [5, 5.41) is 3.55. The molecular formula is C14H23N3O. The quantitative estimate of drug-likeness (QED) is 0.841. The smallest absolute Gasteiger partial charge is 0.213 e. The average molecular weight is 249 g/mol. The van der Waals surface area contributed by atoms with E-state index in [2.05, 4.69) is 10.3 Å². The Morgan fingerprint density at radius 3 is 2.89 bits per heavy atom. The number of anilines is 1. The molecule has 1 fully saturated rings. The van der Waals surface area contributed by atoms with Crippen LogP contribution in [-0.2, 0) is 0 Å². The monoisotopic (exact) mass is 249 g/mol. The van der Waals surface area contributed by atoms with Gasteiger partial charge in [-0.2, -0.15) is 0 Å². The first kappa shape index (κ1) is 13.1. The van der Waals surface area contributed by atoms with Crippen molar-refractivity contribution in [2.24, 2.45) is 11.7 Å². The zero-order valence-corrected chi connectivity index (χ0v) is 11.1. The molecule has 1 aromatic heterocycles. The third-order valence-electron chi connectivity index (χ3n) is 3.59. The molecule has 4 nitrogen and oxygen atoms in total. The lowest BCUT2D eigenvalue weighted by atomic mass is 9.84. The molecule has 1 saturated carbocycles. The molecule has 0 aromatic carbocycles. The minimum Gasteiger partial charge on any atom is -0.478 e. The molecule has 2 rings (SSSR count). The van der Waals surface area contributed by atoms with Crippen LogP contribution in [0.2, 0.25) is 0 Å². The third-order valence-corrected chi connectivity index (χ3v) is 3.59. The van der Waals surface area contributed by atoms with E-state index in [9.17, 15) is 0 Å². The number of hydrogen-bond donors (Lipinski definition) is 2. The van der Waals surface area contributed by atoms with E-state index < -0.39 is 0 Å². The molecule has 0 saturated heterocycles. The molecule has 0 spiro atoms. The maximum atomic E-state index is 5.84. The van der Waals surface area contributed by atoms with Crippen LogP contribution in [0.3, 0.4) is 0 Å². The molecule has 2 unspecified atom stereocenters. The van der Waals surface area contributed by atoms with E-state index in [0.29, 0.717) is 24.4 Å². The van der Waals surface area contributed by atoms with Crippen molar-refractivity contribution in [1.29, 1.82) is 0 Å². The molecule has 1 aliphatic carbocycles. The van der Waals surface area contributed by atoms with Gasteiger partial charge in [0.2, 0.25) is 5.88 Å². The summed E-state index contributed by atoms with van der Waals surface area (Å²) in [5.41, 5.74) is 6.89. The van der Waals surface area contributed by atoms with Crippen molar-refractivity contribution < 1.29 is 4.74 Å². The average Bonchev–Trinajstić information content (AvgIpc) is 2.42. The molecule has 4 heteroatoms. The van der Waals surface area contributed by atoms with E-state index in [4.69, 9.17) is 10.5 Å². The fourth-order valence-electron chi connectivity index (χ4n) is 2.59.